The maximum Gasteiger partial charge on any atom is 0.241 e. The van der Waals surface area contributed by atoms with Gasteiger partial charge in [-0.25, -0.2) is 0 Å². The van der Waals surface area contributed by atoms with E-state index in [2.05, 4.69) is 22.5 Å². The number of hydrogen-bond donors (Lipinski definition) is 2. The Labute approximate surface area is 138 Å². The molecule has 2 saturated heterocycles. The second kappa shape index (κ2) is 7.79. The van der Waals surface area contributed by atoms with Gasteiger partial charge in [0.2, 0.25) is 5.91 Å². The zero-order valence-corrected chi connectivity index (χ0v) is 13.9. The maximum atomic E-state index is 12.0. The molecule has 0 radical (unpaired) electrons. The van der Waals surface area contributed by atoms with Crippen LogP contribution in [-0.2, 0) is 4.79 Å². The van der Waals surface area contributed by atoms with Gasteiger partial charge in [-0.3, -0.25) is 9.69 Å². The Hall–Kier alpha value is -1.59. The molecule has 5 heteroatoms. The minimum absolute atomic E-state index is 0.0474. The lowest BCUT2D eigenvalue weighted by Crippen LogP contribution is -2.35. The molecular formula is C18H27N3O2. The molecule has 1 amide bonds. The van der Waals surface area contributed by atoms with Gasteiger partial charge in [0, 0.05) is 18.8 Å². The highest BCUT2D eigenvalue weighted by Gasteiger charge is 2.21. The van der Waals surface area contributed by atoms with Gasteiger partial charge < -0.3 is 15.4 Å². The van der Waals surface area contributed by atoms with Crippen LogP contribution in [0.4, 0.5) is 5.69 Å². The van der Waals surface area contributed by atoms with Gasteiger partial charge in [-0.2, -0.15) is 0 Å². The first kappa shape index (κ1) is 16.3. The standard InChI is InChI=1S/C18H27N3O2/c1-14-8-10-21(13-14)11-12-23-16-6-4-15(5-7-16)20-18(22)17-3-2-9-19-17/h4-7,14,17,19H,2-3,8-13H2,1H3,(H,20,22). The molecule has 2 atom stereocenters. The molecule has 0 saturated carbocycles. The Morgan fingerprint density at radius 2 is 2.17 bits per heavy atom. The fourth-order valence-corrected chi connectivity index (χ4v) is 3.29. The summed E-state index contributed by atoms with van der Waals surface area (Å²) in [6.07, 6.45) is 3.28. The second-order valence-electron chi connectivity index (χ2n) is 6.71. The van der Waals surface area contributed by atoms with Crippen LogP contribution in [0.3, 0.4) is 0 Å². The van der Waals surface area contributed by atoms with Crippen molar-refractivity contribution in [3.05, 3.63) is 24.3 Å². The first-order chi connectivity index (χ1) is 11.2. The topological polar surface area (TPSA) is 53.6 Å². The molecule has 1 aromatic carbocycles. The van der Waals surface area contributed by atoms with Gasteiger partial charge in [0.15, 0.2) is 0 Å². The SMILES string of the molecule is CC1CCN(CCOc2ccc(NC(=O)C3CCCN3)cc2)C1. The lowest BCUT2D eigenvalue weighted by atomic mass is 10.2. The van der Waals surface area contributed by atoms with E-state index in [9.17, 15) is 4.79 Å². The van der Waals surface area contributed by atoms with Crippen molar-refractivity contribution < 1.29 is 9.53 Å². The smallest absolute Gasteiger partial charge is 0.241 e. The summed E-state index contributed by atoms with van der Waals surface area (Å²) in [5, 5.41) is 6.16. The number of anilines is 1. The van der Waals surface area contributed by atoms with Gasteiger partial charge in [0.25, 0.3) is 0 Å². The van der Waals surface area contributed by atoms with Crippen LogP contribution >= 0.6 is 0 Å². The van der Waals surface area contributed by atoms with Crippen LogP contribution in [0.5, 0.6) is 5.75 Å². The quantitative estimate of drug-likeness (QED) is 0.844. The highest BCUT2D eigenvalue weighted by Crippen LogP contribution is 2.18. The van der Waals surface area contributed by atoms with Crippen LogP contribution in [-0.4, -0.2) is 49.6 Å². The Balaban J connectivity index is 1.40. The molecule has 2 fully saturated rings. The van der Waals surface area contributed by atoms with Gasteiger partial charge in [-0.05, 0) is 62.5 Å². The average molecular weight is 317 g/mol. The van der Waals surface area contributed by atoms with Crippen molar-refractivity contribution in [2.24, 2.45) is 5.92 Å². The molecule has 2 unspecified atom stereocenters. The summed E-state index contributed by atoms with van der Waals surface area (Å²) in [5.74, 6) is 1.72. The fraction of sp³-hybridized carbons (Fsp3) is 0.611. The van der Waals surface area contributed by atoms with Gasteiger partial charge in [-0.1, -0.05) is 6.92 Å². The lowest BCUT2D eigenvalue weighted by molar-refractivity contribution is -0.117. The number of ether oxygens (including phenoxy) is 1. The number of carbonyl (C=O) groups excluding carboxylic acids is 1. The summed E-state index contributed by atoms with van der Waals surface area (Å²) in [7, 11) is 0. The van der Waals surface area contributed by atoms with Crippen molar-refractivity contribution in [2.75, 3.05) is 38.1 Å². The predicted molar refractivity (Wildman–Crippen MR) is 91.8 cm³/mol. The monoisotopic (exact) mass is 317 g/mol. The molecule has 2 aliphatic rings. The van der Waals surface area contributed by atoms with E-state index < -0.39 is 0 Å². The second-order valence-corrected chi connectivity index (χ2v) is 6.71. The van der Waals surface area contributed by atoms with Crippen molar-refractivity contribution in [3.8, 4) is 5.75 Å². The van der Waals surface area contributed by atoms with Gasteiger partial charge in [0.1, 0.15) is 12.4 Å². The van der Waals surface area contributed by atoms with Gasteiger partial charge >= 0.3 is 0 Å². The normalized spacial score (nSPS) is 24.7. The molecule has 0 aromatic heterocycles. The number of benzene rings is 1. The molecule has 0 aliphatic carbocycles. The van der Waals surface area contributed by atoms with Crippen LogP contribution in [0, 0.1) is 5.92 Å². The van der Waals surface area contributed by atoms with Gasteiger partial charge in [-0.15, -0.1) is 0 Å². The molecule has 0 spiro atoms. The van der Waals surface area contributed by atoms with Crippen LogP contribution < -0.4 is 15.4 Å². The van der Waals surface area contributed by atoms with Crippen LogP contribution in [0.25, 0.3) is 0 Å². The zero-order valence-electron chi connectivity index (χ0n) is 13.9. The van der Waals surface area contributed by atoms with E-state index in [4.69, 9.17) is 4.74 Å². The van der Waals surface area contributed by atoms with Crippen molar-refractivity contribution in [1.82, 2.24) is 10.2 Å². The number of nitrogens with zero attached hydrogens (tertiary/aromatic N) is 1. The fourth-order valence-electron chi connectivity index (χ4n) is 3.29. The highest BCUT2D eigenvalue weighted by molar-refractivity contribution is 5.95. The van der Waals surface area contributed by atoms with E-state index in [1.54, 1.807) is 0 Å². The van der Waals surface area contributed by atoms with E-state index in [0.717, 1.165) is 43.3 Å². The summed E-state index contributed by atoms with van der Waals surface area (Å²) in [6, 6.07) is 7.60. The molecule has 2 aliphatic heterocycles. The third-order valence-corrected chi connectivity index (χ3v) is 4.68. The average Bonchev–Trinajstić information content (AvgIpc) is 3.21. The molecular weight excluding hydrogens is 290 g/mol. The maximum absolute atomic E-state index is 12.0. The largest absolute Gasteiger partial charge is 0.492 e. The molecule has 2 N–H and O–H groups in total. The number of nitrogens with one attached hydrogen (secondary N) is 2. The van der Waals surface area contributed by atoms with Crippen LogP contribution in [0.2, 0.25) is 0 Å². The van der Waals surface area contributed by atoms with Gasteiger partial charge in [0.05, 0.1) is 6.04 Å². The minimum Gasteiger partial charge on any atom is -0.492 e. The van der Waals surface area contributed by atoms with Crippen molar-refractivity contribution in [1.29, 1.82) is 0 Å². The first-order valence-corrected chi connectivity index (χ1v) is 8.70. The number of amides is 1. The van der Waals surface area contributed by atoms with Crippen LogP contribution in [0.15, 0.2) is 24.3 Å². The third kappa shape index (κ3) is 4.69. The van der Waals surface area contributed by atoms with E-state index in [1.165, 1.54) is 19.5 Å². The number of rotatable bonds is 6. The zero-order chi connectivity index (χ0) is 16.1. The number of likely N-dealkylation sites (tertiary alicyclic amines) is 1. The highest BCUT2D eigenvalue weighted by atomic mass is 16.5. The van der Waals surface area contributed by atoms with Crippen molar-refractivity contribution in [2.45, 2.75) is 32.2 Å². The predicted octanol–water partition coefficient (Wildman–Crippen LogP) is 2.10. The molecule has 2 heterocycles. The van der Waals surface area contributed by atoms with E-state index in [1.807, 2.05) is 24.3 Å². The molecule has 5 nitrogen and oxygen atoms in total. The molecule has 3 rings (SSSR count). The summed E-state index contributed by atoms with van der Waals surface area (Å²) in [4.78, 5) is 14.5. The van der Waals surface area contributed by atoms with E-state index >= 15 is 0 Å². The number of carbonyl (C=O) groups is 1. The van der Waals surface area contributed by atoms with E-state index in [0.29, 0.717) is 6.61 Å². The summed E-state index contributed by atoms with van der Waals surface area (Å²) >= 11 is 0. The molecule has 126 valence electrons. The minimum atomic E-state index is -0.0474. The Morgan fingerprint density at radius 1 is 1.35 bits per heavy atom. The Bertz CT molecular complexity index is 512. The first-order valence-electron chi connectivity index (χ1n) is 8.70. The van der Waals surface area contributed by atoms with Crippen LogP contribution in [0.1, 0.15) is 26.2 Å². The van der Waals surface area contributed by atoms with Crippen molar-refractivity contribution >= 4 is 11.6 Å². The van der Waals surface area contributed by atoms with E-state index in [-0.39, 0.29) is 11.9 Å². The lowest BCUT2D eigenvalue weighted by Gasteiger charge is -2.16. The van der Waals surface area contributed by atoms with Crippen molar-refractivity contribution in [3.63, 3.8) is 0 Å². The molecule has 1 aromatic rings. The Kier molecular flexibility index (Phi) is 5.51. The third-order valence-electron chi connectivity index (χ3n) is 4.68. The Morgan fingerprint density at radius 3 is 2.83 bits per heavy atom. The summed E-state index contributed by atoms with van der Waals surface area (Å²) in [6.45, 7) is 7.30. The molecule has 23 heavy (non-hydrogen) atoms. The number of hydrogen-bond acceptors (Lipinski definition) is 4. The molecule has 0 bridgehead atoms. The summed E-state index contributed by atoms with van der Waals surface area (Å²) < 4.78 is 5.80. The summed E-state index contributed by atoms with van der Waals surface area (Å²) in [5.41, 5.74) is 0.824.